The molecule has 2 fully saturated rings. The van der Waals surface area contributed by atoms with E-state index in [0.29, 0.717) is 12.8 Å². The molecule has 6 heteroatoms. The van der Waals surface area contributed by atoms with Crippen LogP contribution >= 0.6 is 0 Å². The number of hydrogen-bond acceptors (Lipinski definition) is 3. The van der Waals surface area contributed by atoms with E-state index in [1.54, 1.807) is 0 Å². The molecule has 0 amide bonds. The molecule has 2 rings (SSSR count). The Hall–Kier alpha value is -1.38. The van der Waals surface area contributed by atoms with E-state index in [1.807, 2.05) is 6.07 Å². The molecule has 2 saturated carbocycles. The Labute approximate surface area is 92.7 Å². The Kier molecular flexibility index (Phi) is 3.68. The summed E-state index contributed by atoms with van der Waals surface area (Å²) in [5.41, 5.74) is 4.07. The van der Waals surface area contributed by atoms with Crippen LogP contribution in [-0.4, -0.2) is 24.4 Å². The number of nitrogens with zero attached hydrogens (tertiary/aromatic N) is 2. The monoisotopic (exact) mass is 231 g/mol. The fraction of sp³-hybridized carbons (Fsp3) is 0.800. The highest BCUT2D eigenvalue weighted by molar-refractivity contribution is 5.88. The summed E-state index contributed by atoms with van der Waals surface area (Å²) in [6.45, 7) is -0.966. The zero-order chi connectivity index (χ0) is 12.2. The zero-order valence-electron chi connectivity index (χ0n) is 8.92. The van der Waals surface area contributed by atoms with E-state index < -0.39 is 24.2 Å². The Morgan fingerprint density at radius 3 is 1.94 bits per heavy atom. The highest BCUT2D eigenvalue weighted by Gasteiger charge is 2.47. The Morgan fingerprint density at radius 1 is 1.31 bits per heavy atom. The molecule has 0 radical (unpaired) electrons. The fourth-order valence-electron chi connectivity index (χ4n) is 1.14. The molecule has 0 aromatic heterocycles. The third-order valence-electron chi connectivity index (χ3n) is 3.11. The molecule has 0 atom stereocenters. The second-order valence-corrected chi connectivity index (χ2v) is 4.42. The summed E-state index contributed by atoms with van der Waals surface area (Å²) in [6.07, 6.45) is 2.94. The lowest BCUT2D eigenvalue weighted by molar-refractivity contribution is 0.307. The van der Waals surface area contributed by atoms with Crippen LogP contribution in [0.5, 0.6) is 0 Å². The summed E-state index contributed by atoms with van der Waals surface area (Å²) in [6, 6.07) is 1.93. The van der Waals surface area contributed by atoms with Crippen LogP contribution in [-0.2, 0) is 0 Å². The van der Waals surface area contributed by atoms with Gasteiger partial charge in [-0.3, -0.25) is 0 Å². The van der Waals surface area contributed by atoms with Gasteiger partial charge in [-0.2, -0.15) is 5.26 Å². The summed E-state index contributed by atoms with van der Waals surface area (Å²) >= 11 is 0. The zero-order valence-corrected chi connectivity index (χ0v) is 8.92. The van der Waals surface area contributed by atoms with E-state index in [1.165, 1.54) is 0 Å². The van der Waals surface area contributed by atoms with Crippen LogP contribution in [0.2, 0.25) is 0 Å². The minimum Gasteiger partial charge on any atom is -0.409 e. The van der Waals surface area contributed by atoms with Gasteiger partial charge in [-0.15, -0.1) is 0 Å². The average molecular weight is 231 g/mol. The highest BCUT2D eigenvalue weighted by Crippen LogP contribution is 2.46. The van der Waals surface area contributed by atoms with Gasteiger partial charge in [0.2, 0.25) is 0 Å². The summed E-state index contributed by atoms with van der Waals surface area (Å²) in [5.74, 6) is 0.0324. The summed E-state index contributed by atoms with van der Waals surface area (Å²) < 4.78 is 23.6. The Balaban J connectivity index is 0.000000165. The van der Waals surface area contributed by atoms with Gasteiger partial charge >= 0.3 is 0 Å². The van der Waals surface area contributed by atoms with Gasteiger partial charge in [0.25, 0.3) is 0 Å². The first kappa shape index (κ1) is 12.7. The fourth-order valence-corrected chi connectivity index (χ4v) is 1.14. The molecule has 3 N–H and O–H groups in total. The SMILES string of the molecule is N#CC1(CF)CC1.N/C(=N/O)C1(CF)CC1. The van der Waals surface area contributed by atoms with Crippen LogP contribution in [0.3, 0.4) is 0 Å². The van der Waals surface area contributed by atoms with Crippen LogP contribution in [0.15, 0.2) is 5.16 Å². The average Bonchev–Trinajstić information content (AvgIpc) is 3.22. The first-order chi connectivity index (χ1) is 7.58. The molecule has 0 aromatic rings. The number of oxime groups is 1. The van der Waals surface area contributed by atoms with Crippen molar-refractivity contribution in [1.82, 2.24) is 0 Å². The maximum absolute atomic E-state index is 12.0. The van der Waals surface area contributed by atoms with Gasteiger partial charge in [0, 0.05) is 0 Å². The van der Waals surface area contributed by atoms with Gasteiger partial charge in [0.05, 0.1) is 16.9 Å². The lowest BCUT2D eigenvalue weighted by Crippen LogP contribution is -2.26. The number of amidine groups is 1. The number of alkyl halides is 2. The van der Waals surface area contributed by atoms with Gasteiger partial charge in [0.15, 0.2) is 0 Å². The minimum absolute atomic E-state index is 0.0324. The van der Waals surface area contributed by atoms with Crippen LogP contribution in [0.1, 0.15) is 25.7 Å². The molecular formula is C10H15F2N3O. The van der Waals surface area contributed by atoms with Crippen LogP contribution < -0.4 is 5.73 Å². The third kappa shape index (κ3) is 2.60. The smallest absolute Gasteiger partial charge is 0.148 e. The highest BCUT2D eigenvalue weighted by atomic mass is 19.1. The van der Waals surface area contributed by atoms with Crippen molar-refractivity contribution in [3.05, 3.63) is 0 Å². The first-order valence-corrected chi connectivity index (χ1v) is 5.09. The molecule has 0 saturated heterocycles. The number of nitrogens with two attached hydrogens (primary N) is 1. The van der Waals surface area contributed by atoms with Crippen molar-refractivity contribution in [3.63, 3.8) is 0 Å². The predicted octanol–water partition coefficient (Wildman–Crippen LogP) is 1.74. The Morgan fingerprint density at radius 2 is 1.88 bits per heavy atom. The molecular weight excluding hydrogens is 216 g/mol. The molecule has 4 nitrogen and oxygen atoms in total. The van der Waals surface area contributed by atoms with Crippen LogP contribution in [0, 0.1) is 22.2 Å². The molecule has 2 aliphatic carbocycles. The molecule has 16 heavy (non-hydrogen) atoms. The molecule has 0 bridgehead atoms. The molecule has 0 unspecified atom stereocenters. The maximum Gasteiger partial charge on any atom is 0.148 e. The first-order valence-electron chi connectivity index (χ1n) is 5.09. The number of hydrogen-bond donors (Lipinski definition) is 2. The third-order valence-corrected chi connectivity index (χ3v) is 3.11. The normalized spacial score (nSPS) is 23.7. The van der Waals surface area contributed by atoms with Crippen molar-refractivity contribution in [2.24, 2.45) is 21.7 Å². The van der Waals surface area contributed by atoms with E-state index in [4.69, 9.17) is 16.2 Å². The van der Waals surface area contributed by atoms with E-state index in [-0.39, 0.29) is 5.84 Å². The largest absolute Gasteiger partial charge is 0.409 e. The summed E-state index contributed by atoms with van der Waals surface area (Å²) in [5, 5.41) is 19.1. The second-order valence-electron chi connectivity index (χ2n) is 4.42. The quantitative estimate of drug-likeness (QED) is 0.336. The van der Waals surface area contributed by atoms with Crippen LogP contribution in [0.4, 0.5) is 8.78 Å². The lowest BCUT2D eigenvalue weighted by atomic mass is 10.1. The second kappa shape index (κ2) is 4.64. The number of rotatable bonds is 3. The van der Waals surface area contributed by atoms with Crippen molar-refractivity contribution >= 4 is 5.84 Å². The van der Waals surface area contributed by atoms with Crippen molar-refractivity contribution in [2.45, 2.75) is 25.7 Å². The number of nitriles is 1. The Bertz CT molecular complexity index is 317. The topological polar surface area (TPSA) is 82.4 Å². The van der Waals surface area contributed by atoms with E-state index in [2.05, 4.69) is 5.16 Å². The number of halogens is 2. The summed E-state index contributed by atoms with van der Waals surface area (Å²) in [4.78, 5) is 0. The van der Waals surface area contributed by atoms with Crippen molar-refractivity contribution in [1.29, 1.82) is 5.26 Å². The van der Waals surface area contributed by atoms with Crippen molar-refractivity contribution < 1.29 is 14.0 Å². The standard InChI is InChI=1S/C5H9FN2O.C5H6FN/c6-3-5(1-2-5)4(7)8-9;6-3-5(4-7)1-2-5/h9H,1-3H2,(H2,7,8);1-3H2. The molecule has 0 spiro atoms. The van der Waals surface area contributed by atoms with Crippen molar-refractivity contribution in [3.8, 4) is 6.07 Å². The van der Waals surface area contributed by atoms with Gasteiger partial charge in [-0.1, -0.05) is 5.16 Å². The molecule has 0 heterocycles. The van der Waals surface area contributed by atoms with Crippen LogP contribution in [0.25, 0.3) is 0 Å². The summed E-state index contributed by atoms with van der Waals surface area (Å²) in [7, 11) is 0. The van der Waals surface area contributed by atoms with Gasteiger partial charge in [-0.25, -0.2) is 8.78 Å². The lowest BCUT2D eigenvalue weighted by Gasteiger charge is -2.05. The molecule has 0 aliphatic heterocycles. The van der Waals surface area contributed by atoms with Gasteiger partial charge in [0.1, 0.15) is 19.2 Å². The van der Waals surface area contributed by atoms with E-state index >= 15 is 0 Å². The molecule has 2 aliphatic rings. The molecule has 0 aromatic carbocycles. The minimum atomic E-state index is -0.589. The van der Waals surface area contributed by atoms with E-state index in [9.17, 15) is 8.78 Å². The predicted molar refractivity (Wildman–Crippen MR) is 54.3 cm³/mol. The molecule has 90 valence electrons. The van der Waals surface area contributed by atoms with Gasteiger partial charge in [-0.05, 0) is 25.7 Å². The van der Waals surface area contributed by atoms with Crippen molar-refractivity contribution in [2.75, 3.05) is 13.3 Å². The van der Waals surface area contributed by atoms with E-state index in [0.717, 1.165) is 12.8 Å². The maximum atomic E-state index is 12.0. The van der Waals surface area contributed by atoms with Gasteiger partial charge < -0.3 is 10.9 Å².